The summed E-state index contributed by atoms with van der Waals surface area (Å²) in [5.41, 5.74) is 3.48. The van der Waals surface area contributed by atoms with E-state index in [0.29, 0.717) is 12.6 Å². The second kappa shape index (κ2) is 9.42. The van der Waals surface area contributed by atoms with E-state index in [0.717, 1.165) is 41.2 Å². The topological polar surface area (TPSA) is 68.3 Å². The Labute approximate surface area is 174 Å². The van der Waals surface area contributed by atoms with Gasteiger partial charge in [0.25, 0.3) is 0 Å². The summed E-state index contributed by atoms with van der Waals surface area (Å²) in [5.74, 6) is 0.828. The maximum Gasteiger partial charge on any atom is 0.191 e. The Balaban J connectivity index is 0.00000225. The van der Waals surface area contributed by atoms with E-state index in [4.69, 9.17) is 0 Å². The molecule has 6 nitrogen and oxygen atoms in total. The molecule has 0 saturated carbocycles. The lowest BCUT2D eigenvalue weighted by Gasteiger charge is -2.21. The summed E-state index contributed by atoms with van der Waals surface area (Å²) in [7, 11) is 1.80. The van der Waals surface area contributed by atoms with Gasteiger partial charge in [-0.3, -0.25) is 10.1 Å². The highest BCUT2D eigenvalue weighted by atomic mass is 127. The summed E-state index contributed by atoms with van der Waals surface area (Å²) in [5, 5.41) is 13.9. The molecular weight excluding hydrogens is 495 g/mol. The summed E-state index contributed by atoms with van der Waals surface area (Å²) in [6, 6.07) is 8.75. The van der Waals surface area contributed by atoms with E-state index >= 15 is 0 Å². The first-order valence-corrected chi connectivity index (χ1v) is 8.92. The number of guanidine groups is 1. The van der Waals surface area contributed by atoms with E-state index in [2.05, 4.69) is 64.9 Å². The van der Waals surface area contributed by atoms with Crippen LogP contribution in [0.15, 0.2) is 39.9 Å². The van der Waals surface area contributed by atoms with Crippen molar-refractivity contribution in [2.24, 2.45) is 4.99 Å². The molecule has 2 aromatic rings. The van der Waals surface area contributed by atoms with E-state index in [1.54, 1.807) is 7.05 Å². The van der Waals surface area contributed by atoms with Gasteiger partial charge in [0, 0.05) is 48.5 Å². The average molecular weight is 519 g/mol. The number of benzene rings is 1. The summed E-state index contributed by atoms with van der Waals surface area (Å²) in [6.45, 7) is 4.74. The van der Waals surface area contributed by atoms with Crippen LogP contribution >= 0.6 is 39.9 Å². The molecule has 0 aliphatic carbocycles. The van der Waals surface area contributed by atoms with Crippen LogP contribution in [-0.2, 0) is 6.54 Å². The van der Waals surface area contributed by atoms with Crippen LogP contribution in [0.4, 0.5) is 5.69 Å². The Morgan fingerprint density at radius 1 is 1.44 bits per heavy atom. The molecule has 0 spiro atoms. The van der Waals surface area contributed by atoms with Gasteiger partial charge in [0.1, 0.15) is 0 Å². The molecule has 3 rings (SSSR count). The maximum absolute atomic E-state index is 4.33. The van der Waals surface area contributed by atoms with Crippen LogP contribution in [0.2, 0.25) is 0 Å². The first-order chi connectivity index (χ1) is 11.7. The van der Waals surface area contributed by atoms with E-state index in [-0.39, 0.29) is 24.0 Å². The number of halogens is 2. The number of hydrogen-bond donors (Lipinski definition) is 3. The van der Waals surface area contributed by atoms with Crippen LogP contribution in [0.25, 0.3) is 0 Å². The van der Waals surface area contributed by atoms with Crippen molar-refractivity contribution in [2.45, 2.75) is 25.9 Å². The molecule has 1 saturated heterocycles. The van der Waals surface area contributed by atoms with Gasteiger partial charge in [-0.2, -0.15) is 5.10 Å². The maximum atomic E-state index is 4.33. The van der Waals surface area contributed by atoms with Crippen LogP contribution in [0.1, 0.15) is 17.7 Å². The molecule has 1 aromatic carbocycles. The van der Waals surface area contributed by atoms with Crippen molar-refractivity contribution in [2.75, 3.05) is 25.0 Å². The lowest BCUT2D eigenvalue weighted by molar-refractivity contribution is 0.648. The van der Waals surface area contributed by atoms with E-state index in [1.807, 2.05) is 19.2 Å². The fraction of sp³-hybridized carbons (Fsp3) is 0.412. The molecule has 0 radical (unpaired) electrons. The molecule has 1 aromatic heterocycles. The molecule has 136 valence electrons. The Hall–Kier alpha value is -1.29. The number of aliphatic imine (C=N–C) groups is 1. The number of nitrogens with zero attached hydrogens (tertiary/aromatic N) is 3. The van der Waals surface area contributed by atoms with Crippen molar-refractivity contribution in [1.82, 2.24) is 20.8 Å². The Morgan fingerprint density at radius 3 is 2.92 bits per heavy atom. The molecule has 1 atom stereocenters. The zero-order valence-corrected chi connectivity index (χ0v) is 18.3. The molecule has 25 heavy (non-hydrogen) atoms. The fourth-order valence-corrected chi connectivity index (χ4v) is 3.46. The van der Waals surface area contributed by atoms with Gasteiger partial charge in [0.05, 0.1) is 11.9 Å². The summed E-state index contributed by atoms with van der Waals surface area (Å²) in [6.07, 6.45) is 2.94. The number of aromatic nitrogens is 2. The summed E-state index contributed by atoms with van der Waals surface area (Å²) < 4.78 is 1.14. The number of aryl methyl sites for hydroxylation is 1. The second-order valence-electron chi connectivity index (χ2n) is 5.97. The van der Waals surface area contributed by atoms with Crippen molar-refractivity contribution >= 4 is 51.6 Å². The fourth-order valence-electron chi connectivity index (χ4n) is 2.93. The molecule has 3 N–H and O–H groups in total. The van der Waals surface area contributed by atoms with Gasteiger partial charge in [0.2, 0.25) is 0 Å². The Bertz CT molecular complexity index is 717. The third kappa shape index (κ3) is 5.10. The van der Waals surface area contributed by atoms with Crippen molar-refractivity contribution < 1.29 is 0 Å². The van der Waals surface area contributed by atoms with E-state index in [1.165, 1.54) is 5.69 Å². The molecule has 0 bridgehead atoms. The van der Waals surface area contributed by atoms with Crippen LogP contribution in [0.5, 0.6) is 0 Å². The zero-order valence-electron chi connectivity index (χ0n) is 14.4. The number of nitrogens with one attached hydrogen (secondary N) is 3. The number of anilines is 1. The van der Waals surface area contributed by atoms with Crippen molar-refractivity contribution in [1.29, 1.82) is 0 Å². The minimum atomic E-state index is 0. The van der Waals surface area contributed by atoms with Crippen LogP contribution < -0.4 is 15.5 Å². The highest BCUT2D eigenvalue weighted by Gasteiger charge is 2.24. The zero-order chi connectivity index (χ0) is 16.9. The highest BCUT2D eigenvalue weighted by Crippen LogP contribution is 2.28. The normalized spacial score (nSPS) is 17.3. The Morgan fingerprint density at radius 2 is 2.24 bits per heavy atom. The second-order valence-corrected chi connectivity index (χ2v) is 6.83. The molecule has 2 heterocycles. The predicted octanol–water partition coefficient (Wildman–Crippen LogP) is 3.04. The van der Waals surface area contributed by atoms with Crippen LogP contribution in [-0.4, -0.2) is 42.3 Å². The standard InChI is InChI=1S/C17H23BrN6.HI/c1-12-13(10-21-23-12)9-20-17(19-2)22-14-7-8-24(11-14)16-6-4-3-5-15(16)18;/h3-6,10,14H,7-9,11H2,1-2H3,(H,21,23)(H2,19,20,22);1H. The molecule has 1 aliphatic rings. The van der Waals surface area contributed by atoms with E-state index in [9.17, 15) is 0 Å². The third-order valence-corrected chi connectivity index (χ3v) is 5.00. The van der Waals surface area contributed by atoms with Gasteiger partial charge in [-0.25, -0.2) is 0 Å². The quantitative estimate of drug-likeness (QED) is 0.330. The van der Waals surface area contributed by atoms with Gasteiger partial charge < -0.3 is 15.5 Å². The smallest absolute Gasteiger partial charge is 0.191 e. The number of para-hydroxylation sites is 1. The van der Waals surface area contributed by atoms with Gasteiger partial charge in [-0.05, 0) is 41.4 Å². The number of rotatable bonds is 4. The van der Waals surface area contributed by atoms with Crippen molar-refractivity contribution in [3.05, 3.63) is 46.2 Å². The van der Waals surface area contributed by atoms with Gasteiger partial charge >= 0.3 is 0 Å². The molecular formula is C17H24BrIN6. The largest absolute Gasteiger partial charge is 0.368 e. The van der Waals surface area contributed by atoms with Crippen LogP contribution in [0.3, 0.4) is 0 Å². The summed E-state index contributed by atoms with van der Waals surface area (Å²) in [4.78, 5) is 6.73. The SMILES string of the molecule is CN=C(NCc1cn[nH]c1C)NC1CCN(c2ccccc2Br)C1.I. The monoisotopic (exact) mass is 518 g/mol. The summed E-state index contributed by atoms with van der Waals surface area (Å²) >= 11 is 3.64. The predicted molar refractivity (Wildman–Crippen MR) is 117 cm³/mol. The molecule has 8 heteroatoms. The first-order valence-electron chi connectivity index (χ1n) is 8.13. The first kappa shape index (κ1) is 20.0. The van der Waals surface area contributed by atoms with E-state index < -0.39 is 0 Å². The molecule has 1 fully saturated rings. The number of H-pyrrole nitrogens is 1. The van der Waals surface area contributed by atoms with Gasteiger partial charge in [0.15, 0.2) is 5.96 Å². The van der Waals surface area contributed by atoms with Crippen molar-refractivity contribution in [3.8, 4) is 0 Å². The van der Waals surface area contributed by atoms with Gasteiger partial charge in [-0.1, -0.05) is 12.1 Å². The molecule has 0 amide bonds. The lowest BCUT2D eigenvalue weighted by Crippen LogP contribution is -2.44. The molecule has 1 aliphatic heterocycles. The highest BCUT2D eigenvalue weighted by molar-refractivity contribution is 14.0. The molecule has 1 unspecified atom stereocenters. The lowest BCUT2D eigenvalue weighted by atomic mass is 10.2. The van der Waals surface area contributed by atoms with Gasteiger partial charge in [-0.15, -0.1) is 24.0 Å². The average Bonchev–Trinajstić information content (AvgIpc) is 3.21. The van der Waals surface area contributed by atoms with Crippen LogP contribution in [0, 0.1) is 6.92 Å². The Kier molecular flexibility index (Phi) is 7.55. The van der Waals surface area contributed by atoms with Crippen molar-refractivity contribution in [3.63, 3.8) is 0 Å². The minimum Gasteiger partial charge on any atom is -0.368 e. The third-order valence-electron chi connectivity index (χ3n) is 4.33. The number of aromatic amines is 1. The number of hydrogen-bond acceptors (Lipinski definition) is 3. The minimum absolute atomic E-state index is 0.